The SMILES string of the molecule is C=Cc1c(C=C)c2ccc(-c3ccc4c(c3)c3ccc5ccccc5c3c3nc5ccccc5n43)cc2c2ccccc12. The highest BCUT2D eigenvalue weighted by molar-refractivity contribution is 6.23. The Bertz CT molecular complexity index is 2650. The average molecular weight is 547 g/mol. The lowest BCUT2D eigenvalue weighted by molar-refractivity contribution is 1.32. The van der Waals surface area contributed by atoms with Crippen LogP contribution in [-0.2, 0) is 0 Å². The van der Waals surface area contributed by atoms with Crippen molar-refractivity contribution in [3.05, 3.63) is 146 Å². The maximum Gasteiger partial charge on any atom is 0.147 e. The highest BCUT2D eigenvalue weighted by Gasteiger charge is 2.17. The lowest BCUT2D eigenvalue weighted by atomic mass is 9.89. The molecule has 0 spiro atoms. The zero-order valence-corrected chi connectivity index (χ0v) is 23.5. The van der Waals surface area contributed by atoms with E-state index >= 15 is 0 Å². The first-order chi connectivity index (χ1) is 21.2. The number of nitrogens with zero attached hydrogens (tertiary/aromatic N) is 2. The number of imidazole rings is 1. The number of benzene rings is 7. The number of rotatable bonds is 3. The summed E-state index contributed by atoms with van der Waals surface area (Å²) < 4.78 is 2.34. The molecule has 0 saturated carbocycles. The molecule has 7 aromatic carbocycles. The van der Waals surface area contributed by atoms with Crippen LogP contribution in [0.15, 0.2) is 134 Å². The van der Waals surface area contributed by atoms with Gasteiger partial charge in [-0.1, -0.05) is 116 Å². The second-order valence-corrected chi connectivity index (χ2v) is 11.2. The first kappa shape index (κ1) is 23.9. The Balaban J connectivity index is 1.40. The van der Waals surface area contributed by atoms with Crippen molar-refractivity contribution in [2.75, 3.05) is 0 Å². The van der Waals surface area contributed by atoms with E-state index in [0.717, 1.165) is 33.3 Å². The Hall–Kier alpha value is -5.73. The predicted molar refractivity (Wildman–Crippen MR) is 186 cm³/mol. The van der Waals surface area contributed by atoms with Gasteiger partial charge in [-0.25, -0.2) is 4.98 Å². The van der Waals surface area contributed by atoms with Crippen molar-refractivity contribution in [2.45, 2.75) is 0 Å². The molecule has 0 aliphatic carbocycles. The molecule has 2 aromatic heterocycles. The molecule has 2 heteroatoms. The van der Waals surface area contributed by atoms with Crippen LogP contribution in [0.5, 0.6) is 0 Å². The van der Waals surface area contributed by atoms with Crippen LogP contribution in [0, 0.1) is 0 Å². The van der Waals surface area contributed by atoms with Crippen molar-refractivity contribution < 1.29 is 0 Å². The second-order valence-electron chi connectivity index (χ2n) is 11.2. The van der Waals surface area contributed by atoms with Crippen LogP contribution in [0.25, 0.3) is 94.0 Å². The molecule has 0 radical (unpaired) electrons. The van der Waals surface area contributed by atoms with E-state index in [0.29, 0.717) is 0 Å². The molecule has 0 atom stereocenters. The van der Waals surface area contributed by atoms with Gasteiger partial charge in [-0.05, 0) is 90.3 Å². The van der Waals surface area contributed by atoms with E-state index in [-0.39, 0.29) is 0 Å². The van der Waals surface area contributed by atoms with Gasteiger partial charge in [0.2, 0.25) is 0 Å². The maximum atomic E-state index is 5.17. The molecule has 0 unspecified atom stereocenters. The summed E-state index contributed by atoms with van der Waals surface area (Å²) in [6, 6.07) is 43.8. The minimum absolute atomic E-state index is 1.00. The average Bonchev–Trinajstić information content (AvgIpc) is 3.46. The molecule has 9 aromatic rings. The summed E-state index contributed by atoms with van der Waals surface area (Å²) in [7, 11) is 0. The van der Waals surface area contributed by atoms with Gasteiger partial charge in [0.05, 0.1) is 16.6 Å². The van der Waals surface area contributed by atoms with Gasteiger partial charge in [0.15, 0.2) is 0 Å². The highest BCUT2D eigenvalue weighted by Crippen LogP contribution is 2.40. The molecule has 2 heterocycles. The summed E-state index contributed by atoms with van der Waals surface area (Å²) in [6.07, 6.45) is 3.91. The smallest absolute Gasteiger partial charge is 0.147 e. The monoisotopic (exact) mass is 546 g/mol. The third-order valence-electron chi connectivity index (χ3n) is 9.09. The number of aromatic nitrogens is 2. The van der Waals surface area contributed by atoms with Gasteiger partial charge in [0.25, 0.3) is 0 Å². The summed E-state index contributed by atoms with van der Waals surface area (Å²) in [5.74, 6) is 0. The van der Waals surface area contributed by atoms with Crippen LogP contribution in [-0.4, -0.2) is 9.38 Å². The van der Waals surface area contributed by atoms with E-state index in [1.54, 1.807) is 0 Å². The van der Waals surface area contributed by atoms with Crippen LogP contribution in [0.2, 0.25) is 0 Å². The minimum Gasteiger partial charge on any atom is -0.292 e. The van der Waals surface area contributed by atoms with Crippen molar-refractivity contribution in [1.29, 1.82) is 0 Å². The molecule has 0 N–H and O–H groups in total. The molecule has 0 aliphatic rings. The van der Waals surface area contributed by atoms with Crippen LogP contribution in [0.4, 0.5) is 0 Å². The normalized spacial score (nSPS) is 11.9. The van der Waals surface area contributed by atoms with Crippen LogP contribution >= 0.6 is 0 Å². The van der Waals surface area contributed by atoms with E-state index in [1.165, 1.54) is 59.6 Å². The first-order valence-electron chi connectivity index (χ1n) is 14.6. The summed E-state index contributed by atoms with van der Waals surface area (Å²) in [6.45, 7) is 8.27. The van der Waals surface area contributed by atoms with Gasteiger partial charge >= 0.3 is 0 Å². The van der Waals surface area contributed by atoms with E-state index in [9.17, 15) is 0 Å². The van der Waals surface area contributed by atoms with Gasteiger partial charge in [0.1, 0.15) is 5.65 Å². The van der Waals surface area contributed by atoms with Crippen LogP contribution in [0.3, 0.4) is 0 Å². The fraction of sp³-hybridized carbons (Fsp3) is 0. The summed E-state index contributed by atoms with van der Waals surface area (Å²) in [5.41, 5.74) is 8.92. The number of fused-ring (bicyclic) bond motifs is 13. The van der Waals surface area contributed by atoms with Crippen LogP contribution in [0.1, 0.15) is 11.1 Å². The van der Waals surface area contributed by atoms with Crippen molar-refractivity contribution in [2.24, 2.45) is 0 Å². The Morgan fingerprint density at radius 2 is 1.12 bits per heavy atom. The molecule has 0 amide bonds. The lowest BCUT2D eigenvalue weighted by Gasteiger charge is -2.15. The third-order valence-corrected chi connectivity index (χ3v) is 9.09. The molecular weight excluding hydrogens is 520 g/mol. The van der Waals surface area contributed by atoms with Crippen molar-refractivity contribution in [1.82, 2.24) is 9.38 Å². The molecule has 43 heavy (non-hydrogen) atoms. The van der Waals surface area contributed by atoms with Crippen LogP contribution < -0.4 is 0 Å². The molecule has 0 aliphatic heterocycles. The predicted octanol–water partition coefficient (Wildman–Crippen LogP) is 11.2. The number of hydrogen-bond acceptors (Lipinski definition) is 1. The highest BCUT2D eigenvalue weighted by atomic mass is 15.0. The summed E-state index contributed by atoms with van der Waals surface area (Å²) in [5, 5.41) is 10.9. The molecule has 0 saturated heterocycles. The number of para-hydroxylation sites is 2. The first-order valence-corrected chi connectivity index (χ1v) is 14.6. The van der Waals surface area contributed by atoms with Gasteiger partial charge < -0.3 is 0 Å². The van der Waals surface area contributed by atoms with E-state index in [4.69, 9.17) is 4.98 Å². The fourth-order valence-electron chi connectivity index (χ4n) is 7.17. The molecular formula is C41H26N2. The van der Waals surface area contributed by atoms with Gasteiger partial charge in [-0.15, -0.1) is 0 Å². The quantitative estimate of drug-likeness (QED) is 0.201. The second kappa shape index (κ2) is 8.88. The Labute approximate surface area is 248 Å². The third kappa shape index (κ3) is 3.26. The molecule has 9 rings (SSSR count). The number of hydrogen-bond donors (Lipinski definition) is 0. The van der Waals surface area contributed by atoms with Crippen molar-refractivity contribution in [3.63, 3.8) is 0 Å². The Morgan fingerprint density at radius 1 is 0.488 bits per heavy atom. The van der Waals surface area contributed by atoms with Crippen molar-refractivity contribution in [3.8, 4) is 11.1 Å². The largest absolute Gasteiger partial charge is 0.292 e. The maximum absolute atomic E-state index is 5.17. The van der Waals surface area contributed by atoms with Crippen molar-refractivity contribution >= 4 is 82.8 Å². The molecule has 0 fully saturated rings. The molecule has 2 nitrogen and oxygen atoms in total. The molecule has 200 valence electrons. The van der Waals surface area contributed by atoms with E-state index in [1.807, 2.05) is 12.2 Å². The topological polar surface area (TPSA) is 17.3 Å². The lowest BCUT2D eigenvalue weighted by Crippen LogP contribution is -1.93. The fourth-order valence-corrected chi connectivity index (χ4v) is 7.17. The van der Waals surface area contributed by atoms with Gasteiger partial charge in [-0.3, -0.25) is 4.40 Å². The zero-order chi connectivity index (χ0) is 28.7. The molecule has 0 bridgehead atoms. The summed E-state index contributed by atoms with van der Waals surface area (Å²) >= 11 is 0. The number of pyridine rings is 1. The summed E-state index contributed by atoms with van der Waals surface area (Å²) in [4.78, 5) is 5.17. The van der Waals surface area contributed by atoms with E-state index < -0.39 is 0 Å². The van der Waals surface area contributed by atoms with Gasteiger partial charge in [0, 0.05) is 10.8 Å². The van der Waals surface area contributed by atoms with E-state index in [2.05, 4.69) is 139 Å². The zero-order valence-electron chi connectivity index (χ0n) is 23.5. The van der Waals surface area contributed by atoms with Gasteiger partial charge in [-0.2, -0.15) is 0 Å². The Morgan fingerprint density at radius 3 is 1.93 bits per heavy atom. The standard InChI is InChI=1S/C41H26N2/c1-3-28-29(4-2)33-20-18-26(23-35(33)32-14-8-7-13-31(28)32)27-19-22-38-36(24-27)34-21-17-25-11-5-6-12-30(25)40(34)41-42-37-15-9-10-16-39(37)43(38)41/h3-24H,1-2H2. The Kier molecular flexibility index (Phi) is 4.94. The minimum atomic E-state index is 1.00.